The normalized spacial score (nSPS) is 46.7. The first-order valence-electron chi connectivity index (χ1n) is 71.0. The largest absolute Gasteiger partial charge is 0.394 e. The second-order valence-electron chi connectivity index (χ2n) is 30.6. The standard InChI is InChI=1S/4C24H31FN6O4S/c4*1-3-8-36-24-27-22(26-16-10-14(16)13-5-4-12(2)15(25)9-13)19-23(28-24)31(30-29-19)17-11-18(35-7-6-32)21(34)20(17)33/h4*4-5,9,14,16-18,20-21,32-34H,3,6-8,10-11H2,1-2H3,(H,26,27,28)/t4*14-,16+,17+,18-,20-,21+/m0000/s1/i4D,5D,6D2,7D2,9D,10D2,11D2,16D,17D,18D,20D,21D;4D,5D,7D2,9D,10D2,11D2,16D,17D,18D,20D,21D;4D,5D,6D2,9D,10D2,11D2,16D,17D,18D,20D,21D;4D,5D,9D,10D2,11D2,16D,17D,18D,20D,21D. The zero-order valence-electron chi connectivity index (χ0n) is 132. The smallest absolute Gasteiger partial charge is 0.191 e. The Bertz CT molecular complexity index is 9560. The van der Waals surface area contributed by atoms with Gasteiger partial charge in [0.05, 0.1) is 156 Å². The Morgan fingerprint density at radius 2 is 0.611 bits per heavy atom. The topological polar surface area (TPSA) is 554 Å². The second kappa shape index (κ2) is 47.3. The monoisotopic (exact) mass is 2130 g/mol. The average molecular weight is 2130 g/mol. The van der Waals surface area contributed by atoms with Gasteiger partial charge in [0.25, 0.3) is 0 Å². The molecule has 8 aromatic heterocycles. The lowest BCUT2D eigenvalue weighted by Crippen LogP contribution is -2.33. The number of ether oxygens (including phenoxy) is 4. The molecule has 776 valence electrons. The molecule has 0 spiro atoms. The molecule has 8 aliphatic carbocycles. The summed E-state index contributed by atoms with van der Waals surface area (Å²) in [6.45, 7) is -7.57. The molecule has 12 aromatic rings. The number of aliphatic hydroxyl groups excluding tert-OH is 2. The molecule has 16 N–H and O–H groups in total. The Balaban J connectivity index is 0.000000173. The van der Waals surface area contributed by atoms with Gasteiger partial charge in [0.1, 0.15) is 71.9 Å². The summed E-state index contributed by atoms with van der Waals surface area (Å²) in [5.74, 6) is -12.3. The van der Waals surface area contributed by atoms with Crippen LogP contribution in [-0.4, -0.2) is 334 Å². The Morgan fingerprint density at radius 1 is 0.354 bits per heavy atom. The van der Waals surface area contributed by atoms with Gasteiger partial charge < -0.3 is 101 Å². The van der Waals surface area contributed by atoms with Crippen LogP contribution >= 0.6 is 47.0 Å². The van der Waals surface area contributed by atoms with Gasteiger partial charge in [-0.1, -0.05) is 144 Å². The first-order valence-corrected chi connectivity index (χ1v) is 47.0. The van der Waals surface area contributed by atoms with E-state index in [1.807, 2.05) is 6.92 Å². The molecule has 24 atom stereocenters. The van der Waals surface area contributed by atoms with Crippen molar-refractivity contribution in [2.75, 3.05) is 96.9 Å². The van der Waals surface area contributed by atoms with E-state index >= 15 is 0 Å². The zero-order valence-corrected chi connectivity index (χ0v) is 79.1. The van der Waals surface area contributed by atoms with Gasteiger partial charge in [0.15, 0.2) is 88.6 Å². The van der Waals surface area contributed by atoms with E-state index in [4.69, 9.17) is 91.0 Å². The van der Waals surface area contributed by atoms with Crippen molar-refractivity contribution in [1.82, 2.24) is 99.8 Å². The molecule has 0 amide bonds. The first-order chi connectivity index (χ1) is 90.6. The van der Waals surface area contributed by atoms with E-state index in [9.17, 15) is 78.8 Å². The van der Waals surface area contributed by atoms with Crippen molar-refractivity contribution in [2.24, 2.45) is 0 Å². The van der Waals surface area contributed by atoms with Crippen LogP contribution < -0.4 is 21.3 Å². The number of hydrogen-bond donors (Lipinski definition) is 16. The van der Waals surface area contributed by atoms with E-state index in [0.29, 0.717) is 48.7 Å². The van der Waals surface area contributed by atoms with Crippen LogP contribution in [0.4, 0.5) is 40.8 Å². The zero-order chi connectivity index (χ0) is 152. The van der Waals surface area contributed by atoms with E-state index in [0.717, 1.165) is 54.0 Å². The molecule has 8 saturated carbocycles. The molecule has 8 aliphatic rings. The molecule has 8 heterocycles. The average Bonchev–Trinajstić information content (AvgIpc) is 1.47. The number of fused-ring (bicyclic) bond motifs is 4. The number of aliphatic hydroxyl groups is 12. The van der Waals surface area contributed by atoms with Crippen molar-refractivity contribution in [3.8, 4) is 0 Å². The van der Waals surface area contributed by atoms with Crippen LogP contribution in [0, 0.1) is 51.0 Å². The first kappa shape index (κ1) is 56.2. The predicted molar refractivity (Wildman–Crippen MR) is 530 cm³/mol. The molecule has 0 saturated heterocycles. The van der Waals surface area contributed by atoms with Gasteiger partial charge in [0.2, 0.25) is 0 Å². The van der Waals surface area contributed by atoms with Crippen LogP contribution in [0.2, 0.25) is 0 Å². The highest BCUT2D eigenvalue weighted by Crippen LogP contribution is 2.50. The number of thioether (sulfide) groups is 4. The summed E-state index contributed by atoms with van der Waals surface area (Å²) >= 11 is 3.84. The maximum atomic E-state index is 14.9. The maximum absolute atomic E-state index is 14.9. The quantitative estimate of drug-likeness (QED) is 0.00969. The number of anilines is 4. The third-order valence-electron chi connectivity index (χ3n) is 20.4. The second-order valence-corrected chi connectivity index (χ2v) is 34.9. The number of benzene rings is 4. The van der Waals surface area contributed by atoms with Gasteiger partial charge in [-0.15, -0.1) is 20.4 Å². The Kier molecular flexibility index (Phi) is 18.5. The lowest BCUT2D eigenvalue weighted by Gasteiger charge is -2.17. The van der Waals surface area contributed by atoms with Crippen molar-refractivity contribution in [2.45, 2.75) is 297 Å². The van der Waals surface area contributed by atoms with Crippen LogP contribution in [-0.2, 0) is 18.9 Å². The van der Waals surface area contributed by atoms with Crippen LogP contribution in [0.3, 0.4) is 0 Å². The molecule has 0 aliphatic heterocycles. The summed E-state index contributed by atoms with van der Waals surface area (Å²) < 4.78 is 549. The Hall–Kier alpha value is -9.52. The molecule has 0 radical (unpaired) electrons. The van der Waals surface area contributed by atoms with Crippen LogP contribution in [0.25, 0.3) is 44.7 Å². The van der Waals surface area contributed by atoms with Crippen molar-refractivity contribution < 1.29 is 175 Å². The lowest BCUT2D eigenvalue weighted by molar-refractivity contribution is -0.0629. The molecule has 48 heteroatoms. The van der Waals surface area contributed by atoms with Gasteiger partial charge in [-0.25, -0.2) is 76.2 Å². The lowest BCUT2D eigenvalue weighted by atomic mass is 10.1. The van der Waals surface area contributed by atoms with Crippen molar-refractivity contribution >= 4 is 115 Å². The van der Waals surface area contributed by atoms with Gasteiger partial charge >= 0.3 is 0 Å². The molecular weight excluding hydrogens is 1950 g/mol. The Labute approximate surface area is 922 Å². The number of aromatic nitrogens is 20. The fourth-order valence-corrected chi connectivity index (χ4v) is 15.8. The van der Waals surface area contributed by atoms with Gasteiger partial charge in [-0.05, 0) is 148 Å². The van der Waals surface area contributed by atoms with E-state index in [1.54, 1.807) is 20.8 Å². The molecule has 8 fully saturated rings. The van der Waals surface area contributed by atoms with E-state index in [2.05, 4.69) is 107 Å². The number of nitrogens with zero attached hydrogens (tertiary/aromatic N) is 20. The molecule has 4 aromatic carbocycles. The maximum Gasteiger partial charge on any atom is 0.191 e. The fraction of sp³-hybridized carbons (Fsp3) is 0.583. The predicted octanol–water partition coefficient (Wildman–Crippen LogP) is 8.73. The number of halogens is 4. The molecule has 0 unspecified atom stereocenters. The number of nitrogens with one attached hydrogen (secondary N) is 4. The van der Waals surface area contributed by atoms with Crippen LogP contribution in [0.1, 0.15) is 273 Å². The minimum Gasteiger partial charge on any atom is -0.394 e. The SMILES string of the molecule is [2H]c1c([2H])c([C@@H]2C([2H])([2H])[C@@]2([2H])Nc2nc(SCCC)nc3c2nnn3[C@]2([2H])C([2H])([2H])[C@]([2H])(OC([2H])([2H])C([2H])([2H])O)[C@@]([2H])(O)[C@@]2([2H])O)c([2H])c(F)c1C.[2H]c1c([2H])c([C@@H]2C([2H])([2H])[C@@]2([2H])Nc2nc(SCCC)nc3c2nnn3[C@]2([2H])C([2H])([2H])[C@]([2H])(OC([2H])([2H])CO)[C@@]([2H])(O)[C@@]2([2H])O)c([2H])c(F)c1C.[2H]c1c([2H])c([C@@H]2C([2H])([2H])[C@@]2([2H])Nc2nc(SCCC)nc3c2nnn3[C@]2([2H])C([2H])([2H])[C@]([2H])(OCC([2H])([2H])O)[C@@]([2H])(O)[C@@]2([2H])O)c([2H])c(F)c1C.[2H]c1c([2H])c([C@@H]2C([2H])([2H])[C@@]2([2H])Nc2nc(SCCC)nc3c2nnn3[C@]2([2H])C([2H])([2H])[C@]([2H])(OCCO)[C@@]([2H])(O)[C@@]2([2H])O)c([2H])c(F)c1C. The van der Waals surface area contributed by atoms with Crippen LogP contribution in [0.5, 0.6) is 0 Å². The van der Waals surface area contributed by atoms with E-state index < -0.39 is 434 Å². The fourth-order valence-electron chi connectivity index (χ4n) is 13.0. The summed E-state index contributed by atoms with van der Waals surface area (Å²) in [6, 6.07) is -34.0. The van der Waals surface area contributed by atoms with Crippen LogP contribution in [0.15, 0.2) is 93.1 Å². The molecule has 144 heavy (non-hydrogen) atoms. The summed E-state index contributed by atoms with van der Waals surface area (Å²) in [5, 5.41) is 166. The summed E-state index contributed by atoms with van der Waals surface area (Å²) in [4.78, 5) is 33.8. The highest BCUT2D eigenvalue weighted by atomic mass is 32.2. The van der Waals surface area contributed by atoms with E-state index in [-0.39, 0.29) is 61.6 Å². The molecular formula is C96H124F4N24O16S4. The minimum atomic E-state index is -4.37. The van der Waals surface area contributed by atoms with Gasteiger partial charge in [0, 0.05) is 118 Å². The third kappa shape index (κ3) is 23.8. The Morgan fingerprint density at radius 3 is 0.854 bits per heavy atom. The van der Waals surface area contributed by atoms with Crippen molar-refractivity contribution in [1.29, 1.82) is 0 Å². The highest BCUT2D eigenvalue weighted by Gasteiger charge is 2.51. The molecule has 40 nitrogen and oxygen atoms in total. The van der Waals surface area contributed by atoms with E-state index in [1.165, 1.54) is 20.8 Å². The molecule has 0 bridgehead atoms. The third-order valence-corrected chi connectivity index (χ3v) is 24.6. The number of rotatable bonds is 40. The summed E-state index contributed by atoms with van der Waals surface area (Å²) in [5.41, 5.74) is -8.60. The van der Waals surface area contributed by atoms with Gasteiger partial charge in [-0.2, -0.15) is 0 Å². The van der Waals surface area contributed by atoms with Crippen molar-refractivity contribution in [3.05, 3.63) is 140 Å². The summed E-state index contributed by atoms with van der Waals surface area (Å²) in [7, 11) is 0. The summed E-state index contributed by atoms with van der Waals surface area (Å²) in [6.07, 6.45) is -72.8. The molecule has 20 rings (SSSR count). The highest BCUT2D eigenvalue weighted by molar-refractivity contribution is 7.99. The number of hydrogen-bond acceptors (Lipinski definition) is 40. The minimum absolute atomic E-state index is 0.0433. The van der Waals surface area contributed by atoms with Crippen molar-refractivity contribution in [3.63, 3.8) is 0 Å². The van der Waals surface area contributed by atoms with Gasteiger partial charge in [-0.3, -0.25) is 0 Å².